The maximum Gasteiger partial charge on any atom is 0.256 e. The summed E-state index contributed by atoms with van der Waals surface area (Å²) in [4.78, 5) is 13.5. The zero-order chi connectivity index (χ0) is 13.3. The second-order valence-electron chi connectivity index (χ2n) is 4.25. The van der Waals surface area contributed by atoms with Gasteiger partial charge in [-0.2, -0.15) is 0 Å². The van der Waals surface area contributed by atoms with Crippen LogP contribution in [0.5, 0.6) is 0 Å². The highest BCUT2D eigenvalue weighted by atomic mass is 19.1. The summed E-state index contributed by atoms with van der Waals surface area (Å²) in [6.45, 7) is 0.903. The van der Waals surface area contributed by atoms with E-state index in [4.69, 9.17) is 10.5 Å². The molecule has 0 saturated carbocycles. The summed E-state index contributed by atoms with van der Waals surface area (Å²) in [6, 6.07) is 1.67. The Labute approximate surface area is 103 Å². The molecular weight excluding hydrogens is 242 g/mol. The van der Waals surface area contributed by atoms with Crippen molar-refractivity contribution in [3.05, 3.63) is 29.3 Å². The van der Waals surface area contributed by atoms with Crippen LogP contribution in [-0.2, 0) is 4.74 Å². The summed E-state index contributed by atoms with van der Waals surface area (Å²) < 4.78 is 31.7. The van der Waals surface area contributed by atoms with Crippen LogP contribution in [-0.4, -0.2) is 37.1 Å². The topological polar surface area (TPSA) is 55.6 Å². The molecule has 18 heavy (non-hydrogen) atoms. The van der Waals surface area contributed by atoms with Gasteiger partial charge in [0.25, 0.3) is 5.91 Å². The van der Waals surface area contributed by atoms with Crippen molar-refractivity contribution in [2.75, 3.05) is 25.9 Å². The maximum absolute atomic E-state index is 13.5. The van der Waals surface area contributed by atoms with Gasteiger partial charge in [-0.3, -0.25) is 4.79 Å². The molecule has 1 unspecified atom stereocenters. The maximum atomic E-state index is 13.5. The summed E-state index contributed by atoms with van der Waals surface area (Å²) >= 11 is 0. The summed E-state index contributed by atoms with van der Waals surface area (Å²) in [5.74, 6) is -2.24. The molecule has 1 aromatic rings. The number of nitrogens with zero attached hydrogens (tertiary/aromatic N) is 1. The first-order valence-electron chi connectivity index (χ1n) is 5.59. The summed E-state index contributed by atoms with van der Waals surface area (Å²) in [5.41, 5.74) is 4.91. The second kappa shape index (κ2) is 4.89. The van der Waals surface area contributed by atoms with E-state index in [1.807, 2.05) is 0 Å². The lowest BCUT2D eigenvalue weighted by atomic mass is 10.1. The van der Waals surface area contributed by atoms with Crippen molar-refractivity contribution in [2.45, 2.75) is 12.5 Å². The fourth-order valence-electron chi connectivity index (χ4n) is 2.01. The number of ether oxygens (including phenoxy) is 1. The molecule has 0 spiro atoms. The van der Waals surface area contributed by atoms with E-state index < -0.39 is 17.5 Å². The minimum absolute atomic E-state index is 0.0326. The first-order chi connectivity index (χ1) is 8.52. The highest BCUT2D eigenvalue weighted by Crippen LogP contribution is 2.21. The smallest absolute Gasteiger partial charge is 0.256 e. The number of halogens is 2. The Morgan fingerprint density at radius 2 is 2.17 bits per heavy atom. The van der Waals surface area contributed by atoms with Crippen LogP contribution in [0.3, 0.4) is 0 Å². The van der Waals surface area contributed by atoms with E-state index in [-0.39, 0.29) is 17.4 Å². The third kappa shape index (κ3) is 2.28. The summed E-state index contributed by atoms with van der Waals surface area (Å²) in [6.07, 6.45) is 0.676. The third-order valence-corrected chi connectivity index (χ3v) is 3.08. The van der Waals surface area contributed by atoms with E-state index in [9.17, 15) is 13.6 Å². The van der Waals surface area contributed by atoms with Crippen LogP contribution < -0.4 is 5.73 Å². The highest BCUT2D eigenvalue weighted by molar-refractivity contribution is 5.95. The third-order valence-electron chi connectivity index (χ3n) is 3.08. The number of rotatable bonds is 2. The van der Waals surface area contributed by atoms with Crippen LogP contribution in [0.15, 0.2) is 12.1 Å². The van der Waals surface area contributed by atoms with Gasteiger partial charge in [0, 0.05) is 26.3 Å². The number of nitrogen functional groups attached to an aromatic ring is 1. The molecule has 1 aliphatic heterocycles. The van der Waals surface area contributed by atoms with Crippen molar-refractivity contribution in [1.29, 1.82) is 0 Å². The lowest BCUT2D eigenvalue weighted by molar-refractivity contribution is 0.0720. The van der Waals surface area contributed by atoms with Gasteiger partial charge < -0.3 is 15.4 Å². The second-order valence-corrected chi connectivity index (χ2v) is 4.25. The standard InChI is InChI=1S/C12H14F2N2O2/c1-18-7-2-3-16(6-7)12(17)8-4-11(15)10(14)5-9(8)13/h4-5,7H,2-3,6,15H2,1H3. The van der Waals surface area contributed by atoms with Crippen LogP contribution in [0.25, 0.3) is 0 Å². The van der Waals surface area contributed by atoms with Gasteiger partial charge in [0.15, 0.2) is 0 Å². The van der Waals surface area contributed by atoms with Crippen molar-refractivity contribution >= 4 is 11.6 Å². The van der Waals surface area contributed by atoms with Crippen molar-refractivity contribution in [3.63, 3.8) is 0 Å². The molecule has 2 rings (SSSR count). The molecule has 98 valence electrons. The van der Waals surface area contributed by atoms with Crippen molar-refractivity contribution in [3.8, 4) is 0 Å². The van der Waals surface area contributed by atoms with Gasteiger partial charge >= 0.3 is 0 Å². The number of benzene rings is 1. The Balaban J connectivity index is 2.22. The lowest BCUT2D eigenvalue weighted by Crippen LogP contribution is -2.30. The zero-order valence-corrected chi connectivity index (χ0v) is 9.95. The molecule has 2 N–H and O–H groups in total. The van der Waals surface area contributed by atoms with Crippen LogP contribution in [0.2, 0.25) is 0 Å². The molecular formula is C12H14F2N2O2. The molecule has 1 amide bonds. The van der Waals surface area contributed by atoms with E-state index in [1.165, 1.54) is 4.90 Å². The molecule has 1 heterocycles. The molecule has 0 bridgehead atoms. The molecule has 0 aliphatic carbocycles. The van der Waals surface area contributed by atoms with Crippen molar-refractivity contribution in [1.82, 2.24) is 4.90 Å². The number of carbonyl (C=O) groups excluding carboxylic acids is 1. The molecule has 6 heteroatoms. The van der Waals surface area contributed by atoms with Gasteiger partial charge in [0.05, 0.1) is 17.4 Å². The molecule has 1 aromatic carbocycles. The van der Waals surface area contributed by atoms with Crippen LogP contribution in [0.1, 0.15) is 16.8 Å². The van der Waals surface area contributed by atoms with Crippen molar-refractivity contribution in [2.24, 2.45) is 0 Å². The number of carbonyl (C=O) groups is 1. The van der Waals surface area contributed by atoms with Crippen LogP contribution in [0.4, 0.5) is 14.5 Å². The number of hydrogen-bond donors (Lipinski definition) is 1. The van der Waals surface area contributed by atoms with E-state index in [2.05, 4.69) is 0 Å². The van der Waals surface area contributed by atoms with Crippen LogP contribution >= 0.6 is 0 Å². The Kier molecular flexibility index (Phi) is 3.47. The molecule has 0 radical (unpaired) electrons. The average molecular weight is 256 g/mol. The van der Waals surface area contributed by atoms with Gasteiger partial charge in [0.2, 0.25) is 0 Å². The largest absolute Gasteiger partial charge is 0.396 e. The number of likely N-dealkylation sites (tertiary alicyclic amines) is 1. The number of amides is 1. The number of hydrogen-bond acceptors (Lipinski definition) is 3. The van der Waals surface area contributed by atoms with Gasteiger partial charge in [-0.15, -0.1) is 0 Å². The molecule has 1 fully saturated rings. The fourth-order valence-corrected chi connectivity index (χ4v) is 2.01. The molecule has 1 saturated heterocycles. The normalized spacial score (nSPS) is 19.3. The van der Waals surface area contributed by atoms with E-state index >= 15 is 0 Å². The summed E-state index contributed by atoms with van der Waals surface area (Å²) in [5, 5.41) is 0. The van der Waals surface area contributed by atoms with Gasteiger partial charge in [-0.05, 0) is 12.5 Å². The Morgan fingerprint density at radius 1 is 1.44 bits per heavy atom. The fraction of sp³-hybridized carbons (Fsp3) is 0.417. The predicted octanol–water partition coefficient (Wildman–Crippen LogP) is 1.41. The number of anilines is 1. The van der Waals surface area contributed by atoms with Crippen molar-refractivity contribution < 1.29 is 18.3 Å². The Hall–Kier alpha value is -1.69. The minimum Gasteiger partial charge on any atom is -0.396 e. The van der Waals surface area contributed by atoms with Crippen LogP contribution in [0, 0.1) is 11.6 Å². The molecule has 0 aromatic heterocycles. The van der Waals surface area contributed by atoms with Gasteiger partial charge in [0.1, 0.15) is 11.6 Å². The summed E-state index contributed by atoms with van der Waals surface area (Å²) in [7, 11) is 1.56. The lowest BCUT2D eigenvalue weighted by Gasteiger charge is -2.17. The predicted molar refractivity (Wildman–Crippen MR) is 62.1 cm³/mol. The Bertz CT molecular complexity index is 479. The SMILES string of the molecule is COC1CCN(C(=O)c2cc(N)c(F)cc2F)C1. The van der Waals surface area contributed by atoms with E-state index in [0.29, 0.717) is 25.6 Å². The average Bonchev–Trinajstić information content (AvgIpc) is 2.81. The highest BCUT2D eigenvalue weighted by Gasteiger charge is 2.28. The first kappa shape index (κ1) is 12.8. The minimum atomic E-state index is -0.896. The van der Waals surface area contributed by atoms with Gasteiger partial charge in [-0.1, -0.05) is 0 Å². The molecule has 1 atom stereocenters. The van der Waals surface area contributed by atoms with E-state index in [0.717, 1.165) is 6.07 Å². The van der Waals surface area contributed by atoms with Gasteiger partial charge in [-0.25, -0.2) is 8.78 Å². The zero-order valence-electron chi connectivity index (χ0n) is 9.95. The quantitative estimate of drug-likeness (QED) is 0.814. The first-order valence-corrected chi connectivity index (χ1v) is 5.59. The monoisotopic (exact) mass is 256 g/mol. The molecule has 4 nitrogen and oxygen atoms in total. The Morgan fingerprint density at radius 3 is 2.78 bits per heavy atom. The molecule has 1 aliphatic rings. The number of nitrogens with two attached hydrogens (primary N) is 1. The van der Waals surface area contributed by atoms with E-state index in [1.54, 1.807) is 7.11 Å². The number of methoxy groups -OCH3 is 1.